The second-order valence-electron chi connectivity index (χ2n) is 6.30. The Hall–Kier alpha value is -0.120. The van der Waals surface area contributed by atoms with Gasteiger partial charge >= 0.3 is 0 Å². The Kier molecular flexibility index (Phi) is 3.81. The molecule has 0 amide bonds. The largest absolute Gasteiger partial charge is 0.389 e. The van der Waals surface area contributed by atoms with Crippen LogP contribution in [0.3, 0.4) is 0 Å². The zero-order chi connectivity index (χ0) is 12.5. The molecule has 0 aromatic rings. The molecule has 3 heteroatoms. The Morgan fingerprint density at radius 3 is 2.35 bits per heavy atom. The van der Waals surface area contributed by atoms with Crippen molar-refractivity contribution in [3.63, 3.8) is 0 Å². The van der Waals surface area contributed by atoms with Gasteiger partial charge < -0.3 is 15.7 Å². The molecule has 2 rings (SSSR count). The molecule has 2 atom stereocenters. The van der Waals surface area contributed by atoms with Crippen LogP contribution in [0, 0.1) is 11.3 Å². The summed E-state index contributed by atoms with van der Waals surface area (Å²) in [6.07, 6.45) is 5.28. The summed E-state index contributed by atoms with van der Waals surface area (Å²) in [5, 5.41) is 11.0. The fraction of sp³-hybridized carbons (Fsp3) is 1.00. The van der Waals surface area contributed by atoms with Crippen LogP contribution in [0.1, 0.15) is 46.0 Å². The third-order valence-electron chi connectivity index (χ3n) is 5.36. The SMILES string of the molecule is CCN1CCC(O)(C2(CN)CCC(C)C2)CC1. The summed E-state index contributed by atoms with van der Waals surface area (Å²) in [7, 11) is 0. The fourth-order valence-corrected chi connectivity index (χ4v) is 3.96. The van der Waals surface area contributed by atoms with Gasteiger partial charge in [-0.25, -0.2) is 0 Å². The maximum Gasteiger partial charge on any atom is 0.0740 e. The minimum Gasteiger partial charge on any atom is -0.389 e. The molecule has 0 aromatic heterocycles. The molecule has 2 unspecified atom stereocenters. The van der Waals surface area contributed by atoms with Crippen LogP contribution in [-0.4, -0.2) is 41.8 Å². The molecule has 0 spiro atoms. The molecule has 17 heavy (non-hydrogen) atoms. The summed E-state index contributed by atoms with van der Waals surface area (Å²) in [5.74, 6) is 0.728. The molecular formula is C14H28N2O. The molecule has 1 saturated heterocycles. The van der Waals surface area contributed by atoms with Crippen LogP contribution < -0.4 is 5.73 Å². The van der Waals surface area contributed by atoms with Crippen LogP contribution in [0.2, 0.25) is 0 Å². The lowest BCUT2D eigenvalue weighted by atomic mass is 9.65. The van der Waals surface area contributed by atoms with Gasteiger partial charge in [0, 0.05) is 25.0 Å². The minimum atomic E-state index is -0.502. The zero-order valence-electron chi connectivity index (χ0n) is 11.4. The lowest BCUT2D eigenvalue weighted by Gasteiger charge is -2.49. The number of nitrogens with zero attached hydrogens (tertiary/aromatic N) is 1. The number of nitrogens with two attached hydrogens (primary N) is 1. The average Bonchev–Trinajstić information content (AvgIpc) is 2.74. The van der Waals surface area contributed by atoms with E-state index < -0.39 is 5.60 Å². The van der Waals surface area contributed by atoms with Crippen molar-refractivity contribution in [1.29, 1.82) is 0 Å². The number of aliphatic hydroxyl groups is 1. The van der Waals surface area contributed by atoms with E-state index in [-0.39, 0.29) is 5.41 Å². The Morgan fingerprint density at radius 1 is 1.29 bits per heavy atom. The highest BCUT2D eigenvalue weighted by Gasteiger charge is 2.52. The van der Waals surface area contributed by atoms with Gasteiger partial charge in [-0.3, -0.25) is 0 Å². The van der Waals surface area contributed by atoms with E-state index in [0.717, 1.165) is 51.2 Å². The van der Waals surface area contributed by atoms with Crippen molar-refractivity contribution < 1.29 is 5.11 Å². The lowest BCUT2D eigenvalue weighted by molar-refractivity contribution is -0.116. The normalized spacial score (nSPS) is 38.5. The van der Waals surface area contributed by atoms with Gasteiger partial charge in [0.25, 0.3) is 0 Å². The highest BCUT2D eigenvalue weighted by atomic mass is 16.3. The van der Waals surface area contributed by atoms with Gasteiger partial charge in [-0.1, -0.05) is 20.3 Å². The standard InChI is InChI=1S/C14H28N2O/c1-3-16-8-6-14(17,7-9-16)13(11-15)5-4-12(2)10-13/h12,17H,3-11,15H2,1-2H3. The van der Waals surface area contributed by atoms with Gasteiger partial charge in [-0.15, -0.1) is 0 Å². The molecule has 0 bridgehead atoms. The van der Waals surface area contributed by atoms with Crippen LogP contribution in [-0.2, 0) is 0 Å². The summed E-state index contributed by atoms with van der Waals surface area (Å²) in [6.45, 7) is 8.30. The van der Waals surface area contributed by atoms with E-state index >= 15 is 0 Å². The molecule has 1 saturated carbocycles. The van der Waals surface area contributed by atoms with Crippen LogP contribution in [0.25, 0.3) is 0 Å². The summed E-state index contributed by atoms with van der Waals surface area (Å²) in [6, 6.07) is 0. The average molecular weight is 240 g/mol. The first-order chi connectivity index (χ1) is 8.05. The van der Waals surface area contributed by atoms with E-state index in [2.05, 4.69) is 18.7 Å². The molecule has 2 aliphatic rings. The van der Waals surface area contributed by atoms with Crippen molar-refractivity contribution in [1.82, 2.24) is 4.90 Å². The molecule has 2 fully saturated rings. The lowest BCUT2D eigenvalue weighted by Crippen LogP contribution is -2.57. The van der Waals surface area contributed by atoms with E-state index in [1.54, 1.807) is 0 Å². The van der Waals surface area contributed by atoms with Gasteiger partial charge in [-0.2, -0.15) is 0 Å². The summed E-state index contributed by atoms with van der Waals surface area (Å²) < 4.78 is 0. The first kappa shape index (κ1) is 13.3. The number of hydrogen-bond acceptors (Lipinski definition) is 3. The maximum atomic E-state index is 11.0. The smallest absolute Gasteiger partial charge is 0.0740 e. The quantitative estimate of drug-likeness (QED) is 0.788. The van der Waals surface area contributed by atoms with E-state index in [4.69, 9.17) is 5.73 Å². The highest BCUT2D eigenvalue weighted by molar-refractivity contribution is 5.05. The van der Waals surface area contributed by atoms with Gasteiger partial charge in [-0.05, 0) is 38.1 Å². The third kappa shape index (κ3) is 2.25. The topological polar surface area (TPSA) is 49.5 Å². The second kappa shape index (κ2) is 4.87. The predicted octanol–water partition coefficient (Wildman–Crippen LogP) is 1.60. The van der Waals surface area contributed by atoms with Crippen molar-refractivity contribution in [2.45, 2.75) is 51.6 Å². The van der Waals surface area contributed by atoms with Gasteiger partial charge in [0.15, 0.2) is 0 Å². The molecule has 0 aromatic carbocycles. The third-order valence-corrected chi connectivity index (χ3v) is 5.36. The van der Waals surface area contributed by atoms with Gasteiger partial charge in [0.2, 0.25) is 0 Å². The monoisotopic (exact) mass is 240 g/mol. The Balaban J connectivity index is 2.09. The summed E-state index contributed by atoms with van der Waals surface area (Å²) in [5.41, 5.74) is 5.55. The Labute approximate surface area is 105 Å². The van der Waals surface area contributed by atoms with Crippen molar-refractivity contribution in [3.8, 4) is 0 Å². The van der Waals surface area contributed by atoms with Crippen LogP contribution in [0.4, 0.5) is 0 Å². The minimum absolute atomic E-state index is 0.00620. The maximum absolute atomic E-state index is 11.0. The Bertz CT molecular complexity index is 261. The van der Waals surface area contributed by atoms with Crippen molar-refractivity contribution in [2.75, 3.05) is 26.2 Å². The molecular weight excluding hydrogens is 212 g/mol. The first-order valence-corrected chi connectivity index (χ1v) is 7.20. The highest BCUT2D eigenvalue weighted by Crippen LogP contribution is 2.51. The van der Waals surface area contributed by atoms with E-state index in [1.165, 1.54) is 6.42 Å². The van der Waals surface area contributed by atoms with Crippen LogP contribution in [0.5, 0.6) is 0 Å². The molecule has 3 N–H and O–H groups in total. The summed E-state index contributed by atoms with van der Waals surface area (Å²) >= 11 is 0. The van der Waals surface area contributed by atoms with E-state index in [0.29, 0.717) is 6.54 Å². The van der Waals surface area contributed by atoms with Gasteiger partial charge in [0.1, 0.15) is 0 Å². The number of hydrogen-bond donors (Lipinski definition) is 2. The van der Waals surface area contributed by atoms with Crippen LogP contribution >= 0.6 is 0 Å². The number of piperidine rings is 1. The summed E-state index contributed by atoms with van der Waals surface area (Å²) in [4.78, 5) is 2.43. The zero-order valence-corrected chi connectivity index (χ0v) is 11.4. The Morgan fingerprint density at radius 2 is 1.94 bits per heavy atom. The van der Waals surface area contributed by atoms with Crippen molar-refractivity contribution in [3.05, 3.63) is 0 Å². The van der Waals surface area contributed by atoms with Crippen LogP contribution in [0.15, 0.2) is 0 Å². The number of rotatable bonds is 3. The van der Waals surface area contributed by atoms with Gasteiger partial charge in [0.05, 0.1) is 5.60 Å². The number of likely N-dealkylation sites (tertiary alicyclic amines) is 1. The van der Waals surface area contributed by atoms with Crippen molar-refractivity contribution >= 4 is 0 Å². The molecule has 0 radical (unpaired) electrons. The molecule has 100 valence electrons. The van der Waals surface area contributed by atoms with E-state index in [1.807, 2.05) is 0 Å². The predicted molar refractivity (Wildman–Crippen MR) is 70.8 cm³/mol. The second-order valence-corrected chi connectivity index (χ2v) is 6.30. The first-order valence-electron chi connectivity index (χ1n) is 7.20. The van der Waals surface area contributed by atoms with Crippen molar-refractivity contribution in [2.24, 2.45) is 17.1 Å². The van der Waals surface area contributed by atoms with E-state index in [9.17, 15) is 5.11 Å². The fourth-order valence-electron chi connectivity index (χ4n) is 3.96. The molecule has 1 aliphatic carbocycles. The molecule has 1 heterocycles. The molecule has 1 aliphatic heterocycles. The molecule has 3 nitrogen and oxygen atoms in total.